The molecule has 27 heavy (non-hydrogen) atoms. The molecule has 5 heteroatoms. The number of rotatable bonds is 5. The Labute approximate surface area is 163 Å². The first-order valence-corrected chi connectivity index (χ1v) is 9.87. The lowest BCUT2D eigenvalue weighted by Crippen LogP contribution is -2.21. The summed E-state index contributed by atoms with van der Waals surface area (Å²) in [5.41, 5.74) is 3.85. The van der Waals surface area contributed by atoms with Gasteiger partial charge in [0.1, 0.15) is 0 Å². The zero-order valence-corrected chi connectivity index (χ0v) is 16.7. The molecule has 0 atom stereocenters. The molecule has 0 unspecified atom stereocenters. The van der Waals surface area contributed by atoms with Crippen LogP contribution in [0.25, 0.3) is 10.2 Å². The van der Waals surface area contributed by atoms with Crippen LogP contribution in [0.4, 0.5) is 5.69 Å². The normalized spacial score (nSPS) is 11.6. The van der Waals surface area contributed by atoms with Crippen LogP contribution in [0.1, 0.15) is 29.8 Å². The molecule has 0 N–H and O–H groups in total. The van der Waals surface area contributed by atoms with E-state index >= 15 is 0 Å². The van der Waals surface area contributed by atoms with Gasteiger partial charge < -0.3 is 9.47 Å². The van der Waals surface area contributed by atoms with Crippen molar-refractivity contribution in [3.05, 3.63) is 58.4 Å². The van der Waals surface area contributed by atoms with Crippen LogP contribution in [0, 0.1) is 19.3 Å². The number of anilines is 1. The molecule has 0 aliphatic carbocycles. The molecule has 138 valence electrons. The lowest BCUT2D eigenvalue weighted by Gasteiger charge is -2.20. The summed E-state index contributed by atoms with van der Waals surface area (Å²) in [5.74, 6) is 2.41. The smallest absolute Gasteiger partial charge is 0.279 e. The van der Waals surface area contributed by atoms with Crippen molar-refractivity contribution in [2.24, 2.45) is 4.99 Å². The van der Waals surface area contributed by atoms with Crippen molar-refractivity contribution < 1.29 is 4.79 Å². The molecule has 1 heterocycles. The van der Waals surface area contributed by atoms with Gasteiger partial charge in [0, 0.05) is 24.3 Å². The third-order valence-electron chi connectivity index (χ3n) is 4.59. The minimum absolute atomic E-state index is 0.254. The standard InChI is InChI=1S/C22H23N3OS/c1-5-15-25-20-16(4)9-8-10-19(20)27-22(25)23-21(26)17-11-13-18(14-12-17)24(6-2)7-3/h1,8-14H,6-7,15H2,2-4H3. The third-order valence-corrected chi connectivity index (χ3v) is 5.64. The molecule has 4 nitrogen and oxygen atoms in total. The largest absolute Gasteiger partial charge is 0.372 e. The summed E-state index contributed by atoms with van der Waals surface area (Å²) in [5, 5.41) is 0. The van der Waals surface area contributed by atoms with E-state index in [4.69, 9.17) is 6.42 Å². The van der Waals surface area contributed by atoms with Crippen molar-refractivity contribution in [1.29, 1.82) is 0 Å². The molecular formula is C22H23N3OS. The highest BCUT2D eigenvalue weighted by Gasteiger charge is 2.11. The zero-order valence-electron chi connectivity index (χ0n) is 15.9. The second-order valence-electron chi connectivity index (χ2n) is 6.23. The summed E-state index contributed by atoms with van der Waals surface area (Å²) in [6.45, 7) is 8.53. The van der Waals surface area contributed by atoms with Gasteiger partial charge in [-0.1, -0.05) is 29.4 Å². The van der Waals surface area contributed by atoms with E-state index in [1.807, 2.05) is 54.0 Å². The highest BCUT2D eigenvalue weighted by atomic mass is 32.1. The summed E-state index contributed by atoms with van der Waals surface area (Å²) in [6.07, 6.45) is 5.55. The van der Waals surface area contributed by atoms with Gasteiger partial charge in [0.25, 0.3) is 5.91 Å². The first-order chi connectivity index (χ1) is 13.1. The Morgan fingerprint density at radius 2 is 1.89 bits per heavy atom. The maximum Gasteiger partial charge on any atom is 0.279 e. The van der Waals surface area contributed by atoms with Gasteiger partial charge >= 0.3 is 0 Å². The van der Waals surface area contributed by atoms with Crippen LogP contribution in [0.15, 0.2) is 47.5 Å². The number of amides is 1. The summed E-state index contributed by atoms with van der Waals surface area (Å²) in [4.78, 5) is 20.0. The van der Waals surface area contributed by atoms with Gasteiger partial charge in [0.2, 0.25) is 0 Å². The molecule has 0 aliphatic heterocycles. The van der Waals surface area contributed by atoms with Gasteiger partial charge in [-0.3, -0.25) is 4.79 Å². The van der Waals surface area contributed by atoms with Crippen molar-refractivity contribution in [2.45, 2.75) is 27.3 Å². The first kappa shape index (κ1) is 18.9. The van der Waals surface area contributed by atoms with E-state index in [2.05, 4.69) is 29.7 Å². The molecule has 1 amide bonds. The maximum atomic E-state index is 12.7. The minimum atomic E-state index is -0.254. The Morgan fingerprint density at radius 3 is 2.52 bits per heavy atom. The molecule has 0 aliphatic rings. The number of para-hydroxylation sites is 1. The van der Waals surface area contributed by atoms with Gasteiger partial charge in [-0.15, -0.1) is 6.42 Å². The molecule has 0 saturated heterocycles. The van der Waals surface area contributed by atoms with Gasteiger partial charge in [-0.25, -0.2) is 0 Å². The average molecular weight is 378 g/mol. The van der Waals surface area contributed by atoms with Crippen molar-refractivity contribution in [3.63, 3.8) is 0 Å². The number of benzene rings is 2. The third kappa shape index (κ3) is 3.81. The molecule has 0 fully saturated rings. The lowest BCUT2D eigenvalue weighted by atomic mass is 10.2. The molecule has 3 aromatic rings. The molecule has 0 radical (unpaired) electrons. The van der Waals surface area contributed by atoms with E-state index < -0.39 is 0 Å². The minimum Gasteiger partial charge on any atom is -0.372 e. The fourth-order valence-corrected chi connectivity index (χ4v) is 4.29. The number of carbonyl (C=O) groups excluding carboxylic acids is 1. The van der Waals surface area contributed by atoms with Crippen LogP contribution < -0.4 is 9.70 Å². The van der Waals surface area contributed by atoms with E-state index in [1.54, 1.807) is 0 Å². The number of thiazole rings is 1. The molecule has 0 spiro atoms. The van der Waals surface area contributed by atoms with Crippen LogP contribution in [0.5, 0.6) is 0 Å². The van der Waals surface area contributed by atoms with E-state index in [1.165, 1.54) is 11.3 Å². The Hall–Kier alpha value is -2.84. The zero-order chi connectivity index (χ0) is 19.4. The molecule has 0 bridgehead atoms. The molecule has 2 aromatic carbocycles. The summed E-state index contributed by atoms with van der Waals surface area (Å²) in [6, 6.07) is 13.7. The van der Waals surface area contributed by atoms with Gasteiger partial charge in [0.05, 0.1) is 16.8 Å². The van der Waals surface area contributed by atoms with Crippen LogP contribution in [-0.4, -0.2) is 23.6 Å². The Kier molecular flexibility index (Phi) is 5.78. The molecule has 3 rings (SSSR count). The van der Waals surface area contributed by atoms with Crippen molar-refractivity contribution in [1.82, 2.24) is 4.57 Å². The summed E-state index contributed by atoms with van der Waals surface area (Å²) >= 11 is 1.49. The van der Waals surface area contributed by atoms with Crippen molar-refractivity contribution >= 4 is 33.1 Å². The number of fused-ring (bicyclic) bond motifs is 1. The van der Waals surface area contributed by atoms with Crippen LogP contribution in [-0.2, 0) is 6.54 Å². The van der Waals surface area contributed by atoms with E-state index in [0.717, 1.165) is 34.6 Å². The highest BCUT2D eigenvalue weighted by Crippen LogP contribution is 2.21. The fourth-order valence-electron chi connectivity index (χ4n) is 3.19. The predicted octanol–water partition coefficient (Wildman–Crippen LogP) is 4.23. The van der Waals surface area contributed by atoms with Gasteiger partial charge in [-0.2, -0.15) is 4.99 Å². The second kappa shape index (κ2) is 8.24. The van der Waals surface area contributed by atoms with E-state index in [9.17, 15) is 4.79 Å². The first-order valence-electron chi connectivity index (χ1n) is 9.05. The molecular weight excluding hydrogens is 354 g/mol. The maximum absolute atomic E-state index is 12.7. The Balaban J connectivity index is 2.01. The van der Waals surface area contributed by atoms with Crippen LogP contribution in [0.2, 0.25) is 0 Å². The number of hydrogen-bond donors (Lipinski definition) is 0. The summed E-state index contributed by atoms with van der Waals surface area (Å²) < 4.78 is 3.02. The van der Waals surface area contributed by atoms with Gasteiger partial charge in [-0.05, 0) is 56.7 Å². The monoisotopic (exact) mass is 377 g/mol. The number of aromatic nitrogens is 1. The highest BCUT2D eigenvalue weighted by molar-refractivity contribution is 7.16. The number of terminal acetylenes is 1. The van der Waals surface area contributed by atoms with Crippen molar-refractivity contribution in [3.8, 4) is 12.3 Å². The number of hydrogen-bond acceptors (Lipinski definition) is 3. The predicted molar refractivity (Wildman–Crippen MR) is 113 cm³/mol. The van der Waals surface area contributed by atoms with Gasteiger partial charge in [0.15, 0.2) is 4.80 Å². The SMILES string of the molecule is C#CCn1c(=NC(=O)c2ccc(N(CC)CC)cc2)sc2cccc(C)c21. The second-order valence-corrected chi connectivity index (χ2v) is 7.24. The van der Waals surface area contributed by atoms with E-state index in [-0.39, 0.29) is 5.91 Å². The number of carbonyl (C=O) groups is 1. The molecule has 1 aromatic heterocycles. The fraction of sp³-hybridized carbons (Fsp3) is 0.273. The lowest BCUT2D eigenvalue weighted by molar-refractivity contribution is 0.0998. The quantitative estimate of drug-likeness (QED) is 0.624. The molecule has 0 saturated carbocycles. The summed E-state index contributed by atoms with van der Waals surface area (Å²) in [7, 11) is 0. The number of nitrogens with zero attached hydrogens (tertiary/aromatic N) is 3. The van der Waals surface area contributed by atoms with Crippen LogP contribution in [0.3, 0.4) is 0 Å². The van der Waals surface area contributed by atoms with Crippen molar-refractivity contribution in [2.75, 3.05) is 18.0 Å². The topological polar surface area (TPSA) is 37.6 Å². The average Bonchev–Trinajstić information content (AvgIpc) is 3.02. The Morgan fingerprint density at radius 1 is 1.19 bits per heavy atom. The van der Waals surface area contributed by atoms with E-state index in [0.29, 0.717) is 16.9 Å². The Bertz CT molecular complexity index is 1060. The number of aryl methyl sites for hydroxylation is 1. The van der Waals surface area contributed by atoms with Crippen LogP contribution >= 0.6 is 11.3 Å².